The predicted molar refractivity (Wildman–Crippen MR) is 72.9 cm³/mol. The van der Waals surface area contributed by atoms with Crippen molar-refractivity contribution in [2.24, 2.45) is 0 Å². The standard InChI is InChI=1S/C14H13N3O4/c18-13(19)8-1-3-9(4-2-8)17-11-5-6-15-7-10(11)12(16-17)14(20)21/h1-4,15H,5-7H2,(H,18,19)(H,20,21). The third-order valence-corrected chi connectivity index (χ3v) is 3.49. The normalized spacial score (nSPS) is 13.7. The minimum absolute atomic E-state index is 0.0412. The lowest BCUT2D eigenvalue weighted by atomic mass is 10.1. The summed E-state index contributed by atoms with van der Waals surface area (Å²) in [4.78, 5) is 22.1. The molecule has 1 aliphatic heterocycles. The number of aromatic nitrogens is 2. The number of benzene rings is 1. The van der Waals surface area contributed by atoms with E-state index in [1.54, 1.807) is 16.8 Å². The zero-order chi connectivity index (χ0) is 15.0. The molecule has 0 fully saturated rings. The maximum absolute atomic E-state index is 11.3. The molecular weight excluding hydrogens is 274 g/mol. The summed E-state index contributed by atoms with van der Waals surface area (Å²) in [5.41, 5.74) is 2.43. The van der Waals surface area contributed by atoms with Gasteiger partial charge in [-0.05, 0) is 24.3 Å². The van der Waals surface area contributed by atoms with Crippen LogP contribution in [0.3, 0.4) is 0 Å². The summed E-state index contributed by atoms with van der Waals surface area (Å²) < 4.78 is 1.59. The molecule has 1 aromatic carbocycles. The minimum Gasteiger partial charge on any atom is -0.478 e. The van der Waals surface area contributed by atoms with Crippen molar-refractivity contribution < 1.29 is 19.8 Å². The minimum atomic E-state index is -1.06. The van der Waals surface area contributed by atoms with Crippen LogP contribution in [0.5, 0.6) is 0 Å². The Labute approximate surface area is 119 Å². The fourth-order valence-electron chi connectivity index (χ4n) is 2.48. The van der Waals surface area contributed by atoms with E-state index in [-0.39, 0.29) is 11.3 Å². The summed E-state index contributed by atoms with van der Waals surface area (Å²) in [7, 11) is 0. The number of carbonyl (C=O) groups is 2. The van der Waals surface area contributed by atoms with Gasteiger partial charge in [-0.2, -0.15) is 5.10 Å². The molecule has 7 nitrogen and oxygen atoms in total. The number of aromatic carboxylic acids is 2. The Morgan fingerprint density at radius 2 is 1.86 bits per heavy atom. The molecule has 0 amide bonds. The first kappa shape index (κ1) is 13.3. The number of nitrogens with one attached hydrogen (secondary N) is 1. The molecule has 2 aromatic rings. The molecule has 3 rings (SSSR count). The van der Waals surface area contributed by atoms with Gasteiger partial charge in [0.05, 0.1) is 16.9 Å². The monoisotopic (exact) mass is 287 g/mol. The van der Waals surface area contributed by atoms with E-state index in [1.165, 1.54) is 12.1 Å². The molecule has 0 spiro atoms. The molecule has 0 unspecified atom stereocenters. The summed E-state index contributed by atoms with van der Waals surface area (Å²) in [6.07, 6.45) is 0.677. The van der Waals surface area contributed by atoms with Crippen LogP contribution in [0.1, 0.15) is 32.1 Å². The molecule has 21 heavy (non-hydrogen) atoms. The molecule has 0 radical (unpaired) electrons. The first-order valence-electron chi connectivity index (χ1n) is 6.46. The number of nitrogens with zero attached hydrogens (tertiary/aromatic N) is 2. The Morgan fingerprint density at radius 1 is 1.14 bits per heavy atom. The maximum Gasteiger partial charge on any atom is 0.356 e. The molecule has 7 heteroatoms. The number of rotatable bonds is 3. The van der Waals surface area contributed by atoms with Crippen LogP contribution in [0.15, 0.2) is 24.3 Å². The van der Waals surface area contributed by atoms with E-state index in [1.807, 2.05) is 0 Å². The highest BCUT2D eigenvalue weighted by molar-refractivity contribution is 5.88. The molecule has 0 saturated carbocycles. The van der Waals surface area contributed by atoms with Gasteiger partial charge in [-0.25, -0.2) is 14.3 Å². The topological polar surface area (TPSA) is 104 Å². The van der Waals surface area contributed by atoms with Crippen molar-refractivity contribution in [2.75, 3.05) is 6.54 Å². The van der Waals surface area contributed by atoms with Gasteiger partial charge in [0.25, 0.3) is 0 Å². The van der Waals surface area contributed by atoms with Crippen molar-refractivity contribution in [1.82, 2.24) is 15.1 Å². The highest BCUT2D eigenvalue weighted by Crippen LogP contribution is 2.22. The van der Waals surface area contributed by atoms with Gasteiger partial charge in [0.15, 0.2) is 5.69 Å². The van der Waals surface area contributed by atoms with E-state index in [4.69, 9.17) is 5.11 Å². The van der Waals surface area contributed by atoms with Crippen LogP contribution >= 0.6 is 0 Å². The first-order valence-corrected chi connectivity index (χ1v) is 6.46. The SMILES string of the molecule is O=C(O)c1ccc(-n2nc(C(=O)O)c3c2CCNC3)cc1. The molecule has 108 valence electrons. The molecule has 0 atom stereocenters. The quantitative estimate of drug-likeness (QED) is 0.775. The van der Waals surface area contributed by atoms with Crippen LogP contribution < -0.4 is 5.32 Å². The van der Waals surface area contributed by atoms with Crippen LogP contribution in [0.2, 0.25) is 0 Å². The van der Waals surface area contributed by atoms with E-state index in [2.05, 4.69) is 10.4 Å². The van der Waals surface area contributed by atoms with Gasteiger partial charge < -0.3 is 15.5 Å². The smallest absolute Gasteiger partial charge is 0.356 e. The Hall–Kier alpha value is -2.67. The van der Waals surface area contributed by atoms with Gasteiger partial charge in [-0.15, -0.1) is 0 Å². The second-order valence-corrected chi connectivity index (χ2v) is 4.77. The lowest BCUT2D eigenvalue weighted by Crippen LogP contribution is -2.25. The third kappa shape index (κ3) is 2.27. The number of hydrogen-bond acceptors (Lipinski definition) is 4. The van der Waals surface area contributed by atoms with Crippen molar-refractivity contribution in [1.29, 1.82) is 0 Å². The number of carboxylic acid groups (broad SMARTS) is 2. The van der Waals surface area contributed by atoms with Crippen molar-refractivity contribution in [3.8, 4) is 5.69 Å². The van der Waals surface area contributed by atoms with Gasteiger partial charge in [-0.3, -0.25) is 0 Å². The van der Waals surface area contributed by atoms with Gasteiger partial charge >= 0.3 is 11.9 Å². The predicted octanol–water partition coefficient (Wildman–Crippen LogP) is 0.914. The van der Waals surface area contributed by atoms with Gasteiger partial charge in [0.2, 0.25) is 0 Å². The van der Waals surface area contributed by atoms with Crippen molar-refractivity contribution >= 4 is 11.9 Å². The molecule has 1 aliphatic rings. The third-order valence-electron chi connectivity index (χ3n) is 3.49. The average Bonchev–Trinajstić information content (AvgIpc) is 2.87. The molecule has 0 bridgehead atoms. The fourth-order valence-corrected chi connectivity index (χ4v) is 2.48. The molecular formula is C14H13N3O4. The largest absolute Gasteiger partial charge is 0.478 e. The number of fused-ring (bicyclic) bond motifs is 1. The van der Waals surface area contributed by atoms with Crippen LogP contribution in [-0.2, 0) is 13.0 Å². The van der Waals surface area contributed by atoms with Crippen LogP contribution in [-0.4, -0.2) is 38.5 Å². The Kier molecular flexibility index (Phi) is 3.19. The lowest BCUT2D eigenvalue weighted by molar-refractivity contribution is 0.0681. The summed E-state index contributed by atoms with van der Waals surface area (Å²) in [6, 6.07) is 6.22. The Morgan fingerprint density at radius 3 is 2.48 bits per heavy atom. The summed E-state index contributed by atoms with van der Waals surface area (Å²) >= 11 is 0. The van der Waals surface area contributed by atoms with Gasteiger partial charge in [0.1, 0.15) is 0 Å². The highest BCUT2D eigenvalue weighted by Gasteiger charge is 2.25. The van der Waals surface area contributed by atoms with Crippen LogP contribution in [0.25, 0.3) is 5.69 Å². The van der Waals surface area contributed by atoms with Crippen molar-refractivity contribution in [2.45, 2.75) is 13.0 Å². The number of carboxylic acids is 2. The molecule has 1 aromatic heterocycles. The van der Waals surface area contributed by atoms with Gasteiger partial charge in [0, 0.05) is 25.1 Å². The lowest BCUT2D eigenvalue weighted by Gasteiger charge is -2.15. The molecule has 3 N–H and O–H groups in total. The summed E-state index contributed by atoms with van der Waals surface area (Å²) in [6.45, 7) is 1.23. The Bertz CT molecular complexity index is 719. The van der Waals surface area contributed by atoms with E-state index in [0.717, 1.165) is 12.2 Å². The Balaban J connectivity index is 2.09. The van der Waals surface area contributed by atoms with Crippen LogP contribution in [0, 0.1) is 0 Å². The number of hydrogen-bond donors (Lipinski definition) is 3. The van der Waals surface area contributed by atoms with Crippen molar-refractivity contribution in [3.05, 3.63) is 46.8 Å². The summed E-state index contributed by atoms with van der Waals surface area (Å²) in [5.74, 6) is -2.06. The van der Waals surface area contributed by atoms with E-state index >= 15 is 0 Å². The second kappa shape index (κ2) is 5.02. The summed E-state index contributed by atoms with van der Waals surface area (Å²) in [5, 5.41) is 25.4. The first-order chi connectivity index (χ1) is 10.1. The van der Waals surface area contributed by atoms with Crippen molar-refractivity contribution in [3.63, 3.8) is 0 Å². The van der Waals surface area contributed by atoms with E-state index in [0.29, 0.717) is 24.2 Å². The fraction of sp³-hybridized carbons (Fsp3) is 0.214. The zero-order valence-corrected chi connectivity index (χ0v) is 11.0. The van der Waals surface area contributed by atoms with Gasteiger partial charge in [-0.1, -0.05) is 0 Å². The van der Waals surface area contributed by atoms with Crippen LogP contribution in [0.4, 0.5) is 0 Å². The van der Waals surface area contributed by atoms with E-state index < -0.39 is 11.9 Å². The molecule has 0 saturated heterocycles. The zero-order valence-electron chi connectivity index (χ0n) is 11.0. The second-order valence-electron chi connectivity index (χ2n) is 4.77. The molecule has 0 aliphatic carbocycles. The molecule has 2 heterocycles. The van der Waals surface area contributed by atoms with E-state index in [9.17, 15) is 14.7 Å². The maximum atomic E-state index is 11.3. The highest BCUT2D eigenvalue weighted by atomic mass is 16.4. The average molecular weight is 287 g/mol.